The molecule has 1 saturated heterocycles. The van der Waals surface area contributed by atoms with E-state index in [2.05, 4.69) is 28.9 Å². The van der Waals surface area contributed by atoms with Crippen molar-refractivity contribution in [3.63, 3.8) is 0 Å². The molecule has 2 atom stereocenters. The number of hydrogen-bond acceptors (Lipinski definition) is 4. The molecule has 2 unspecified atom stereocenters. The van der Waals surface area contributed by atoms with E-state index in [-0.39, 0.29) is 24.2 Å². The number of aryl methyl sites for hydroxylation is 2. The summed E-state index contributed by atoms with van der Waals surface area (Å²) in [5.41, 5.74) is 2.63. The number of carbonyl (C=O) groups excluding carboxylic acids is 1. The lowest BCUT2D eigenvalue weighted by atomic mass is 9.79. The Kier molecular flexibility index (Phi) is 6.17. The summed E-state index contributed by atoms with van der Waals surface area (Å²) in [6.45, 7) is 4.19. The average molecular weight is 542 g/mol. The normalized spacial score (nSPS) is 22.9. The number of imidazole rings is 1. The number of halogens is 3. The number of hydrogen-bond donors (Lipinski definition) is 0. The topological polar surface area (TPSA) is 63.4 Å². The van der Waals surface area contributed by atoms with Crippen molar-refractivity contribution in [3.05, 3.63) is 63.3 Å². The summed E-state index contributed by atoms with van der Waals surface area (Å²) in [5, 5.41) is 0. The van der Waals surface area contributed by atoms with Crippen LogP contribution in [0.4, 0.5) is 13.2 Å². The minimum absolute atomic E-state index is 0.0548. The zero-order valence-corrected chi connectivity index (χ0v) is 22.6. The number of pyridine rings is 1. The number of nitrogens with zero attached hydrogens (tertiary/aromatic N) is 5. The van der Waals surface area contributed by atoms with E-state index >= 15 is 0 Å². The molecular formula is C29H34F3N5O2. The van der Waals surface area contributed by atoms with Gasteiger partial charge in [0.1, 0.15) is 0 Å². The fourth-order valence-corrected chi connectivity index (χ4v) is 6.62. The molecule has 2 aromatic heterocycles. The summed E-state index contributed by atoms with van der Waals surface area (Å²) in [5.74, 6) is 0.600. The van der Waals surface area contributed by atoms with E-state index < -0.39 is 17.2 Å². The minimum atomic E-state index is -4.46. The van der Waals surface area contributed by atoms with Gasteiger partial charge in [0, 0.05) is 58.1 Å². The summed E-state index contributed by atoms with van der Waals surface area (Å²) in [7, 11) is 3.54. The molecule has 7 nitrogen and oxygen atoms in total. The first kappa shape index (κ1) is 26.1. The third-order valence-corrected chi connectivity index (χ3v) is 9.19. The molecule has 208 valence electrons. The quantitative estimate of drug-likeness (QED) is 0.480. The maximum absolute atomic E-state index is 14.2. The van der Waals surface area contributed by atoms with Gasteiger partial charge in [-0.1, -0.05) is 18.9 Å². The van der Waals surface area contributed by atoms with Gasteiger partial charge in [-0.15, -0.1) is 0 Å². The highest BCUT2D eigenvalue weighted by Crippen LogP contribution is 2.48. The predicted molar refractivity (Wildman–Crippen MR) is 141 cm³/mol. The number of rotatable bonds is 5. The maximum atomic E-state index is 14.2. The van der Waals surface area contributed by atoms with Gasteiger partial charge >= 0.3 is 11.9 Å². The Morgan fingerprint density at radius 3 is 2.59 bits per heavy atom. The van der Waals surface area contributed by atoms with Crippen LogP contribution in [0, 0.1) is 11.3 Å². The third kappa shape index (κ3) is 4.56. The highest BCUT2D eigenvalue weighted by atomic mass is 19.4. The maximum Gasteiger partial charge on any atom is 0.417 e. The third-order valence-electron chi connectivity index (χ3n) is 9.19. The molecule has 0 radical (unpaired) electrons. The average Bonchev–Trinajstić information content (AvgIpc) is 3.59. The molecule has 1 aromatic carbocycles. The molecule has 1 saturated carbocycles. The highest BCUT2D eigenvalue weighted by molar-refractivity contribution is 5.84. The van der Waals surface area contributed by atoms with E-state index in [9.17, 15) is 22.8 Å². The van der Waals surface area contributed by atoms with Crippen LogP contribution >= 0.6 is 0 Å². The van der Waals surface area contributed by atoms with Crippen LogP contribution in [0.5, 0.6) is 0 Å². The molecule has 4 heterocycles. The number of amides is 1. The number of aromatic nitrogens is 3. The second-order valence-corrected chi connectivity index (χ2v) is 11.8. The van der Waals surface area contributed by atoms with Crippen LogP contribution in [0.2, 0.25) is 0 Å². The van der Waals surface area contributed by atoms with Gasteiger partial charge in [-0.2, -0.15) is 13.2 Å². The zero-order chi connectivity index (χ0) is 27.7. The standard InChI is InChI=1S/C29H34F3N5O2/c1-18(20-6-7-24-25(13-20)35(3)27(39)34(24)2)37-11-9-28(17-37,14-19-4-5-19)26(38)36-10-8-23-21(16-36)12-22(15-33-23)29(30,31)32/h6-7,12-13,15,18-19H,4-5,8-11,14,16-17H2,1-3H3. The molecule has 39 heavy (non-hydrogen) atoms. The van der Waals surface area contributed by atoms with Gasteiger partial charge in [0.25, 0.3) is 0 Å². The molecule has 10 heteroatoms. The van der Waals surface area contributed by atoms with E-state index in [0.717, 1.165) is 61.1 Å². The molecule has 2 fully saturated rings. The van der Waals surface area contributed by atoms with Crippen molar-refractivity contribution in [2.24, 2.45) is 25.4 Å². The lowest BCUT2D eigenvalue weighted by Gasteiger charge is -2.38. The first-order valence-electron chi connectivity index (χ1n) is 13.7. The Hall–Kier alpha value is -3.14. The van der Waals surface area contributed by atoms with Crippen LogP contribution < -0.4 is 5.69 Å². The molecule has 2 aliphatic heterocycles. The summed E-state index contributed by atoms with van der Waals surface area (Å²) in [4.78, 5) is 34.7. The lowest BCUT2D eigenvalue weighted by Crippen LogP contribution is -2.48. The van der Waals surface area contributed by atoms with Crippen molar-refractivity contribution in [2.75, 3.05) is 19.6 Å². The van der Waals surface area contributed by atoms with Gasteiger partial charge in [-0.3, -0.25) is 23.8 Å². The van der Waals surface area contributed by atoms with E-state index in [4.69, 9.17) is 0 Å². The molecule has 3 aliphatic rings. The number of alkyl halides is 3. The Balaban J connectivity index is 1.24. The van der Waals surface area contributed by atoms with Gasteiger partial charge in [-0.05, 0) is 61.6 Å². The summed E-state index contributed by atoms with van der Waals surface area (Å²) < 4.78 is 43.2. The number of carbonyl (C=O) groups is 1. The molecular weight excluding hydrogens is 507 g/mol. The molecule has 3 aromatic rings. The zero-order valence-electron chi connectivity index (χ0n) is 22.6. The van der Waals surface area contributed by atoms with E-state index in [1.165, 1.54) is 0 Å². The van der Waals surface area contributed by atoms with Gasteiger partial charge in [-0.25, -0.2) is 4.79 Å². The van der Waals surface area contributed by atoms with Gasteiger partial charge < -0.3 is 4.90 Å². The van der Waals surface area contributed by atoms with Crippen molar-refractivity contribution in [2.45, 2.75) is 57.8 Å². The van der Waals surface area contributed by atoms with Gasteiger partial charge in [0.05, 0.1) is 22.0 Å². The van der Waals surface area contributed by atoms with Crippen LogP contribution in [0.3, 0.4) is 0 Å². The van der Waals surface area contributed by atoms with Crippen molar-refractivity contribution in [1.29, 1.82) is 0 Å². The Morgan fingerprint density at radius 1 is 1.13 bits per heavy atom. The van der Waals surface area contributed by atoms with Crippen LogP contribution in [-0.2, 0) is 38.0 Å². The Labute approximate surface area is 225 Å². The minimum Gasteiger partial charge on any atom is -0.337 e. The predicted octanol–water partition coefficient (Wildman–Crippen LogP) is 4.43. The molecule has 1 amide bonds. The lowest BCUT2D eigenvalue weighted by molar-refractivity contribution is -0.143. The van der Waals surface area contributed by atoms with Crippen molar-refractivity contribution in [1.82, 2.24) is 23.9 Å². The fraction of sp³-hybridized carbons (Fsp3) is 0.552. The summed E-state index contributed by atoms with van der Waals surface area (Å²) >= 11 is 0. The summed E-state index contributed by atoms with van der Waals surface area (Å²) in [6, 6.07) is 7.32. The van der Waals surface area contributed by atoms with E-state index in [0.29, 0.717) is 36.7 Å². The molecule has 6 rings (SSSR count). The Morgan fingerprint density at radius 2 is 1.87 bits per heavy atom. The highest BCUT2D eigenvalue weighted by Gasteiger charge is 2.50. The number of likely N-dealkylation sites (tertiary alicyclic amines) is 1. The van der Waals surface area contributed by atoms with Crippen LogP contribution in [-0.4, -0.2) is 49.5 Å². The van der Waals surface area contributed by atoms with Crippen LogP contribution in [0.15, 0.2) is 35.3 Å². The largest absolute Gasteiger partial charge is 0.417 e. The first-order chi connectivity index (χ1) is 18.5. The fourth-order valence-electron chi connectivity index (χ4n) is 6.62. The van der Waals surface area contributed by atoms with Gasteiger partial charge in [0.15, 0.2) is 0 Å². The first-order valence-corrected chi connectivity index (χ1v) is 13.7. The smallest absolute Gasteiger partial charge is 0.337 e. The van der Waals surface area contributed by atoms with Crippen molar-refractivity contribution in [3.8, 4) is 0 Å². The number of fused-ring (bicyclic) bond motifs is 2. The van der Waals surface area contributed by atoms with Crippen molar-refractivity contribution >= 4 is 16.9 Å². The SMILES string of the molecule is CC(c1ccc2c(c1)n(C)c(=O)n2C)N1CCC(CC2CC2)(C(=O)N2CCc3ncc(C(F)(F)F)cc3C2)C1. The van der Waals surface area contributed by atoms with Crippen LogP contribution in [0.1, 0.15) is 61.0 Å². The van der Waals surface area contributed by atoms with Gasteiger partial charge in [0.2, 0.25) is 5.91 Å². The number of benzene rings is 1. The second kappa shape index (κ2) is 9.21. The van der Waals surface area contributed by atoms with E-state index in [1.807, 2.05) is 6.07 Å². The monoisotopic (exact) mass is 541 g/mol. The molecule has 0 bridgehead atoms. The second-order valence-electron chi connectivity index (χ2n) is 11.8. The summed E-state index contributed by atoms with van der Waals surface area (Å²) in [6.07, 6.45) is 0.726. The van der Waals surface area contributed by atoms with E-state index in [1.54, 1.807) is 28.1 Å². The molecule has 1 aliphatic carbocycles. The Bertz CT molecular complexity index is 1510. The van der Waals surface area contributed by atoms with Crippen LogP contribution in [0.25, 0.3) is 11.0 Å². The molecule has 0 spiro atoms. The van der Waals surface area contributed by atoms with Crippen molar-refractivity contribution < 1.29 is 18.0 Å². The molecule has 0 N–H and O–H groups in total.